The van der Waals surface area contributed by atoms with Gasteiger partial charge >= 0.3 is 0 Å². The van der Waals surface area contributed by atoms with Crippen LogP contribution in [-0.2, 0) is 14.2 Å². The quantitative estimate of drug-likeness (QED) is 0.519. The van der Waals surface area contributed by atoms with Gasteiger partial charge in [0.2, 0.25) is 0 Å². The third kappa shape index (κ3) is 4.35. The smallest absolute Gasteiger partial charge is 0.144 e. The Labute approximate surface area is 61.6 Å². The first kappa shape index (κ1) is 9.46. The average molecular weight is 146 g/mol. The normalized spacial score (nSPS) is 9.90. The van der Waals surface area contributed by atoms with Crippen molar-refractivity contribution in [2.75, 3.05) is 27.4 Å². The van der Waals surface area contributed by atoms with Gasteiger partial charge in [-0.05, 0) is 0 Å². The molecular weight excluding hydrogens is 132 g/mol. The lowest BCUT2D eigenvalue weighted by Gasteiger charge is -2.13. The number of methoxy groups -OCH3 is 2. The van der Waals surface area contributed by atoms with Crippen molar-refractivity contribution in [2.45, 2.75) is 6.10 Å². The largest absolute Gasteiger partial charge is 0.494 e. The summed E-state index contributed by atoms with van der Waals surface area (Å²) in [4.78, 5) is 0. The van der Waals surface area contributed by atoms with E-state index < -0.39 is 0 Å². The van der Waals surface area contributed by atoms with Gasteiger partial charge in [-0.15, -0.1) is 0 Å². The van der Waals surface area contributed by atoms with Crippen LogP contribution in [0.2, 0.25) is 0 Å². The van der Waals surface area contributed by atoms with Crippen LogP contribution < -0.4 is 0 Å². The van der Waals surface area contributed by atoms with Crippen LogP contribution in [0.5, 0.6) is 0 Å². The van der Waals surface area contributed by atoms with Gasteiger partial charge in [-0.1, -0.05) is 6.58 Å². The first-order chi connectivity index (χ1) is 4.85. The average Bonchev–Trinajstić information content (AvgIpc) is 1.90. The number of hydrogen-bond donors (Lipinski definition) is 0. The maximum atomic E-state index is 5.04. The van der Waals surface area contributed by atoms with E-state index >= 15 is 0 Å². The van der Waals surface area contributed by atoms with Crippen molar-refractivity contribution in [2.24, 2.45) is 0 Å². The van der Waals surface area contributed by atoms with E-state index in [-0.39, 0.29) is 6.10 Å². The Morgan fingerprint density at radius 3 is 2.10 bits per heavy atom. The molecule has 0 aromatic heterocycles. The topological polar surface area (TPSA) is 27.7 Å². The second-order valence-corrected chi connectivity index (χ2v) is 1.84. The molecule has 0 aliphatic carbocycles. The van der Waals surface area contributed by atoms with E-state index in [9.17, 15) is 0 Å². The van der Waals surface area contributed by atoms with Gasteiger partial charge in [-0.25, -0.2) is 0 Å². The van der Waals surface area contributed by atoms with Gasteiger partial charge in [0.15, 0.2) is 0 Å². The second-order valence-electron chi connectivity index (χ2n) is 1.84. The molecule has 0 bridgehead atoms. The number of hydrogen-bond acceptors (Lipinski definition) is 3. The fourth-order valence-corrected chi connectivity index (χ4v) is 0.635. The molecule has 0 rings (SSSR count). The fourth-order valence-electron chi connectivity index (χ4n) is 0.635. The van der Waals surface area contributed by atoms with E-state index in [1.807, 2.05) is 0 Å². The van der Waals surface area contributed by atoms with Crippen molar-refractivity contribution in [3.63, 3.8) is 0 Å². The highest BCUT2D eigenvalue weighted by molar-refractivity contribution is 4.60. The minimum atomic E-state index is -0.0347. The molecule has 0 atom stereocenters. The lowest BCUT2D eigenvalue weighted by molar-refractivity contribution is 0.000773. The minimum absolute atomic E-state index is 0.0347. The van der Waals surface area contributed by atoms with Crippen LogP contribution in [-0.4, -0.2) is 33.5 Å². The summed E-state index contributed by atoms with van der Waals surface area (Å²) in [6, 6.07) is 0. The van der Waals surface area contributed by atoms with E-state index in [4.69, 9.17) is 14.2 Å². The third-order valence-electron chi connectivity index (χ3n) is 0.994. The van der Waals surface area contributed by atoms with E-state index in [2.05, 4.69) is 6.58 Å². The summed E-state index contributed by atoms with van der Waals surface area (Å²) in [6.45, 7) is 4.49. The molecule has 60 valence electrons. The molecule has 0 heterocycles. The van der Waals surface area contributed by atoms with E-state index in [0.29, 0.717) is 13.2 Å². The number of ether oxygens (including phenoxy) is 3. The highest BCUT2D eigenvalue weighted by Gasteiger charge is 2.05. The van der Waals surface area contributed by atoms with Gasteiger partial charge < -0.3 is 14.2 Å². The number of rotatable bonds is 6. The molecule has 0 radical (unpaired) electrons. The Bertz CT molecular complexity index is 76.9. The molecule has 3 nitrogen and oxygen atoms in total. The van der Waals surface area contributed by atoms with Gasteiger partial charge in [0.1, 0.15) is 6.10 Å². The molecule has 10 heavy (non-hydrogen) atoms. The van der Waals surface area contributed by atoms with Crippen molar-refractivity contribution in [1.29, 1.82) is 0 Å². The Kier molecular flexibility index (Phi) is 6.22. The van der Waals surface area contributed by atoms with Crippen molar-refractivity contribution >= 4 is 0 Å². The Morgan fingerprint density at radius 1 is 1.30 bits per heavy atom. The summed E-state index contributed by atoms with van der Waals surface area (Å²) in [6.07, 6.45) is 1.36. The van der Waals surface area contributed by atoms with Crippen LogP contribution in [0.3, 0.4) is 0 Å². The molecule has 0 unspecified atom stereocenters. The van der Waals surface area contributed by atoms with E-state index in [0.717, 1.165) is 0 Å². The highest BCUT2D eigenvalue weighted by atomic mass is 16.5. The first-order valence-corrected chi connectivity index (χ1v) is 3.09. The summed E-state index contributed by atoms with van der Waals surface area (Å²) in [5.74, 6) is 0. The van der Waals surface area contributed by atoms with Crippen LogP contribution in [0, 0.1) is 0 Å². The van der Waals surface area contributed by atoms with Crippen molar-refractivity contribution < 1.29 is 14.2 Å². The summed E-state index contributed by atoms with van der Waals surface area (Å²) in [5.41, 5.74) is 0. The summed E-state index contributed by atoms with van der Waals surface area (Å²) in [7, 11) is 3.24. The maximum absolute atomic E-state index is 5.04. The summed E-state index contributed by atoms with van der Waals surface area (Å²) in [5, 5.41) is 0. The monoisotopic (exact) mass is 146 g/mol. The zero-order valence-electron chi connectivity index (χ0n) is 6.50. The van der Waals surface area contributed by atoms with Crippen molar-refractivity contribution in [3.8, 4) is 0 Å². The van der Waals surface area contributed by atoms with Gasteiger partial charge in [-0.3, -0.25) is 0 Å². The molecule has 3 heteroatoms. The van der Waals surface area contributed by atoms with Crippen LogP contribution in [0.1, 0.15) is 0 Å². The Morgan fingerprint density at radius 2 is 1.80 bits per heavy atom. The van der Waals surface area contributed by atoms with Crippen LogP contribution in [0.15, 0.2) is 12.8 Å². The molecule has 0 aromatic carbocycles. The van der Waals surface area contributed by atoms with Crippen LogP contribution in [0.4, 0.5) is 0 Å². The third-order valence-corrected chi connectivity index (χ3v) is 0.994. The van der Waals surface area contributed by atoms with Gasteiger partial charge in [-0.2, -0.15) is 0 Å². The Hall–Kier alpha value is -0.540. The zero-order chi connectivity index (χ0) is 7.82. The van der Waals surface area contributed by atoms with Crippen molar-refractivity contribution in [1.82, 2.24) is 0 Å². The predicted molar refractivity (Wildman–Crippen MR) is 38.8 cm³/mol. The molecule has 0 saturated heterocycles. The van der Waals surface area contributed by atoms with E-state index in [1.165, 1.54) is 6.26 Å². The Balaban J connectivity index is 3.38. The van der Waals surface area contributed by atoms with Gasteiger partial charge in [0, 0.05) is 14.2 Å². The summed E-state index contributed by atoms with van der Waals surface area (Å²) >= 11 is 0. The molecule has 0 aromatic rings. The predicted octanol–water partition coefficient (Wildman–Crippen LogP) is 0.808. The highest BCUT2D eigenvalue weighted by Crippen LogP contribution is 1.93. The molecule has 0 spiro atoms. The molecule has 0 aliphatic heterocycles. The second kappa shape index (κ2) is 6.58. The van der Waals surface area contributed by atoms with Crippen LogP contribution in [0.25, 0.3) is 0 Å². The minimum Gasteiger partial charge on any atom is -0.494 e. The molecule has 0 aliphatic rings. The molecule has 0 fully saturated rings. The molecular formula is C7H14O3. The summed E-state index contributed by atoms with van der Waals surface area (Å²) < 4.78 is 14.7. The molecule has 0 N–H and O–H groups in total. The first-order valence-electron chi connectivity index (χ1n) is 3.09. The SMILES string of the molecule is C=COC(COC)COC. The lowest BCUT2D eigenvalue weighted by atomic mass is 10.4. The van der Waals surface area contributed by atoms with Gasteiger partial charge in [0.25, 0.3) is 0 Å². The molecule has 0 amide bonds. The van der Waals surface area contributed by atoms with E-state index in [1.54, 1.807) is 14.2 Å². The fraction of sp³-hybridized carbons (Fsp3) is 0.714. The lowest BCUT2D eigenvalue weighted by Crippen LogP contribution is -2.22. The standard InChI is InChI=1S/C7H14O3/c1-4-10-7(5-8-2)6-9-3/h4,7H,1,5-6H2,2-3H3. The van der Waals surface area contributed by atoms with Crippen LogP contribution >= 0.6 is 0 Å². The zero-order valence-corrected chi connectivity index (χ0v) is 6.50. The molecule has 0 saturated carbocycles. The van der Waals surface area contributed by atoms with Crippen molar-refractivity contribution in [3.05, 3.63) is 12.8 Å². The van der Waals surface area contributed by atoms with Gasteiger partial charge in [0.05, 0.1) is 19.5 Å². The maximum Gasteiger partial charge on any atom is 0.144 e.